The minimum atomic E-state index is -0.869. The van der Waals surface area contributed by atoms with Gasteiger partial charge in [-0.25, -0.2) is 4.79 Å². The average molecular weight is 791 g/mol. The van der Waals surface area contributed by atoms with E-state index < -0.39 is 11.5 Å². The van der Waals surface area contributed by atoms with Gasteiger partial charge in [-0.15, -0.1) is 5.10 Å². The molecule has 16 heteroatoms. The van der Waals surface area contributed by atoms with Crippen molar-refractivity contribution in [2.45, 2.75) is 42.7 Å². The standard InChI is InChI=1S/C39H45Cl2N9O5/c1-55-33-8-5-27(32-24-43-46-45-32)22-29(33)36(53)50-17-10-38(26-50,28-6-7-30(40)31(41)23-28)9-14-47-15-11-39(12-16-47,34-4-2-3-13-42-34)44-37(54)49-20-18-48(19-21-49)25-35(51)52/h2-8,13,22-24,32H,9-12,14-21,25-26H2,1H3,(H,44,54)(H,51,52). The van der Waals surface area contributed by atoms with E-state index in [4.69, 9.17) is 32.9 Å². The second-order valence-electron chi connectivity index (χ2n) is 14.7. The van der Waals surface area contributed by atoms with Crippen LogP contribution in [0.15, 0.2) is 76.2 Å². The Morgan fingerprint density at radius 2 is 1.71 bits per heavy atom. The van der Waals surface area contributed by atoms with E-state index in [0.29, 0.717) is 73.5 Å². The average Bonchev–Trinajstić information content (AvgIpc) is 3.91. The van der Waals surface area contributed by atoms with E-state index in [1.54, 1.807) is 30.5 Å². The molecule has 55 heavy (non-hydrogen) atoms. The number of ether oxygens (including phenoxy) is 1. The van der Waals surface area contributed by atoms with Gasteiger partial charge in [0.25, 0.3) is 5.91 Å². The van der Waals surface area contributed by atoms with Gasteiger partial charge in [-0.3, -0.25) is 19.5 Å². The predicted molar refractivity (Wildman–Crippen MR) is 208 cm³/mol. The molecule has 290 valence electrons. The van der Waals surface area contributed by atoms with E-state index in [1.165, 1.54) is 0 Å². The molecule has 3 amide bonds. The molecule has 4 aliphatic heterocycles. The topological polar surface area (TPSA) is 156 Å². The molecule has 0 aliphatic carbocycles. The van der Waals surface area contributed by atoms with Crippen LogP contribution in [0.5, 0.6) is 5.75 Å². The summed E-state index contributed by atoms with van der Waals surface area (Å²) in [6, 6.07) is 16.5. The Hall–Kier alpha value is -4.63. The number of hydrogen-bond donors (Lipinski definition) is 2. The van der Waals surface area contributed by atoms with Crippen molar-refractivity contribution in [1.82, 2.24) is 29.9 Å². The normalized spacial score (nSPS) is 22.6. The van der Waals surface area contributed by atoms with Crippen molar-refractivity contribution in [3.63, 3.8) is 0 Å². The number of nitrogens with zero attached hydrogens (tertiary/aromatic N) is 8. The van der Waals surface area contributed by atoms with Gasteiger partial charge in [0.1, 0.15) is 11.8 Å². The number of carbonyl (C=O) groups is 3. The predicted octanol–water partition coefficient (Wildman–Crippen LogP) is 5.47. The Bertz CT molecular complexity index is 1940. The Morgan fingerprint density at radius 3 is 2.38 bits per heavy atom. The zero-order valence-electron chi connectivity index (χ0n) is 30.7. The fourth-order valence-corrected chi connectivity index (χ4v) is 8.57. The maximum absolute atomic E-state index is 14.2. The first kappa shape index (κ1) is 38.6. The van der Waals surface area contributed by atoms with E-state index in [-0.39, 0.29) is 29.9 Å². The quantitative estimate of drug-likeness (QED) is 0.259. The van der Waals surface area contributed by atoms with Gasteiger partial charge in [-0.1, -0.05) is 41.4 Å². The highest BCUT2D eigenvalue weighted by Gasteiger charge is 2.44. The van der Waals surface area contributed by atoms with E-state index >= 15 is 0 Å². The lowest BCUT2D eigenvalue weighted by atomic mass is 9.76. The largest absolute Gasteiger partial charge is 0.496 e. The molecule has 14 nitrogen and oxygen atoms in total. The highest BCUT2D eigenvalue weighted by molar-refractivity contribution is 6.42. The number of amides is 3. The van der Waals surface area contributed by atoms with Crippen LogP contribution in [0.25, 0.3) is 0 Å². The summed E-state index contributed by atoms with van der Waals surface area (Å²) in [6.45, 7) is 5.18. The van der Waals surface area contributed by atoms with Gasteiger partial charge in [0.15, 0.2) is 0 Å². The summed E-state index contributed by atoms with van der Waals surface area (Å²) in [7, 11) is 1.56. The lowest BCUT2D eigenvalue weighted by Crippen LogP contribution is -2.59. The van der Waals surface area contributed by atoms with E-state index in [1.807, 2.05) is 58.3 Å². The maximum Gasteiger partial charge on any atom is 0.318 e. The number of likely N-dealkylation sites (tertiary alicyclic amines) is 2. The molecule has 2 atom stereocenters. The summed E-state index contributed by atoms with van der Waals surface area (Å²) in [5, 5.41) is 25.2. The molecule has 0 radical (unpaired) electrons. The molecule has 3 aromatic rings. The lowest BCUT2D eigenvalue weighted by molar-refractivity contribution is -0.138. The number of aliphatic carboxylic acids is 1. The van der Waals surface area contributed by atoms with E-state index in [2.05, 4.69) is 25.7 Å². The van der Waals surface area contributed by atoms with Gasteiger partial charge in [0.2, 0.25) is 0 Å². The fraction of sp³-hybridized carbons (Fsp3) is 0.462. The molecule has 2 N–H and O–H groups in total. The number of nitrogens with one attached hydrogen (secondary N) is 1. The highest BCUT2D eigenvalue weighted by Crippen LogP contribution is 2.42. The van der Waals surface area contributed by atoms with Crippen LogP contribution in [0.1, 0.15) is 58.9 Å². The summed E-state index contributed by atoms with van der Waals surface area (Å²) in [5.74, 6) is -0.499. The van der Waals surface area contributed by atoms with Crippen LogP contribution in [-0.4, -0.2) is 126 Å². The number of methoxy groups -OCH3 is 1. The van der Waals surface area contributed by atoms with Crippen LogP contribution in [0, 0.1) is 0 Å². The maximum atomic E-state index is 14.2. The van der Waals surface area contributed by atoms with Gasteiger partial charge in [0.05, 0.1) is 46.7 Å². The van der Waals surface area contributed by atoms with Crippen LogP contribution in [0.2, 0.25) is 10.0 Å². The number of hydrogen-bond acceptors (Lipinski definition) is 10. The molecule has 2 aromatic carbocycles. The zero-order valence-corrected chi connectivity index (χ0v) is 32.3. The number of urea groups is 1. The van der Waals surface area contributed by atoms with Crippen LogP contribution in [-0.2, 0) is 15.7 Å². The number of halogens is 2. The van der Waals surface area contributed by atoms with E-state index in [0.717, 1.165) is 49.3 Å². The number of rotatable bonds is 11. The van der Waals surface area contributed by atoms with Crippen LogP contribution in [0.3, 0.4) is 0 Å². The lowest BCUT2D eigenvalue weighted by Gasteiger charge is -2.44. The fourth-order valence-electron chi connectivity index (χ4n) is 8.27. The molecule has 5 heterocycles. The second-order valence-corrected chi connectivity index (χ2v) is 15.6. The SMILES string of the molecule is COc1ccc(C2C=NN=N2)cc1C(=O)N1CCC(CCN2CCC(NC(=O)N3CCN(CC(=O)O)CC3)(c3ccccn3)CC2)(c2ccc(Cl)c(Cl)c2)C1. The minimum absolute atomic E-state index is 0.0308. The summed E-state index contributed by atoms with van der Waals surface area (Å²) >= 11 is 13.0. The van der Waals surface area contributed by atoms with Crippen LogP contribution in [0.4, 0.5) is 4.79 Å². The van der Waals surface area contributed by atoms with Crippen molar-refractivity contribution in [2.24, 2.45) is 15.4 Å². The molecule has 0 bridgehead atoms. The molecular weight excluding hydrogens is 745 g/mol. The van der Waals surface area contributed by atoms with Crippen molar-refractivity contribution in [3.05, 3.63) is 93.2 Å². The number of carboxylic acid groups (broad SMARTS) is 1. The third kappa shape index (κ3) is 8.47. The summed E-state index contributed by atoms with van der Waals surface area (Å²) in [5.41, 5.74) is 2.11. The summed E-state index contributed by atoms with van der Waals surface area (Å²) in [4.78, 5) is 51.7. The zero-order chi connectivity index (χ0) is 38.6. The van der Waals surface area contributed by atoms with Gasteiger partial charge in [-0.05, 0) is 85.0 Å². The molecule has 2 unspecified atom stereocenters. The number of carboxylic acids is 1. The molecule has 0 spiro atoms. The Kier molecular flexibility index (Phi) is 11.7. The third-order valence-corrected chi connectivity index (χ3v) is 12.3. The van der Waals surface area contributed by atoms with Crippen molar-refractivity contribution in [3.8, 4) is 5.75 Å². The van der Waals surface area contributed by atoms with Crippen LogP contribution < -0.4 is 10.1 Å². The second kappa shape index (κ2) is 16.6. The number of piperazine rings is 1. The molecule has 3 saturated heterocycles. The number of pyridine rings is 1. The van der Waals surface area contributed by atoms with Gasteiger partial charge >= 0.3 is 12.0 Å². The molecular formula is C39H45Cl2N9O5. The van der Waals surface area contributed by atoms with Crippen molar-refractivity contribution >= 4 is 47.3 Å². The summed E-state index contributed by atoms with van der Waals surface area (Å²) < 4.78 is 5.63. The Balaban J connectivity index is 1.06. The van der Waals surface area contributed by atoms with Gasteiger partial charge < -0.3 is 29.9 Å². The molecule has 0 saturated carbocycles. The number of aromatic nitrogens is 1. The van der Waals surface area contributed by atoms with E-state index in [9.17, 15) is 19.5 Å². The molecule has 3 fully saturated rings. The van der Waals surface area contributed by atoms with Gasteiger partial charge in [0, 0.05) is 64.0 Å². The number of carbonyl (C=O) groups excluding carboxylic acids is 2. The first-order valence-electron chi connectivity index (χ1n) is 18.6. The Labute approximate surface area is 330 Å². The molecule has 1 aromatic heterocycles. The third-order valence-electron chi connectivity index (χ3n) is 11.5. The minimum Gasteiger partial charge on any atom is -0.496 e. The molecule has 7 rings (SSSR count). The number of piperidine rings is 1. The smallest absolute Gasteiger partial charge is 0.318 e. The first-order valence-corrected chi connectivity index (χ1v) is 19.3. The first-order chi connectivity index (χ1) is 26.6. The Morgan fingerprint density at radius 1 is 0.909 bits per heavy atom. The van der Waals surface area contributed by atoms with Gasteiger partial charge in [-0.2, -0.15) is 5.11 Å². The van der Waals surface area contributed by atoms with Crippen molar-refractivity contribution < 1.29 is 24.2 Å². The number of benzene rings is 2. The monoisotopic (exact) mass is 789 g/mol. The highest BCUT2D eigenvalue weighted by atomic mass is 35.5. The van der Waals surface area contributed by atoms with Crippen molar-refractivity contribution in [2.75, 3.05) is 72.6 Å². The van der Waals surface area contributed by atoms with Crippen LogP contribution >= 0.6 is 23.2 Å². The molecule has 4 aliphatic rings. The van der Waals surface area contributed by atoms with Crippen molar-refractivity contribution in [1.29, 1.82) is 0 Å². The summed E-state index contributed by atoms with van der Waals surface area (Å²) in [6.07, 6.45) is 6.25.